The molecule has 2 fully saturated rings. The number of likely N-dealkylation sites (tertiary alicyclic amines) is 1. The van der Waals surface area contributed by atoms with Crippen LogP contribution in [0.5, 0.6) is 0 Å². The maximum Gasteiger partial charge on any atom is 0.221 e. The Morgan fingerprint density at radius 1 is 1.41 bits per heavy atom. The molecule has 2 unspecified atom stereocenters. The van der Waals surface area contributed by atoms with Crippen molar-refractivity contribution in [3.05, 3.63) is 35.6 Å². The van der Waals surface area contributed by atoms with Crippen molar-refractivity contribution in [3.8, 4) is 0 Å². The van der Waals surface area contributed by atoms with Crippen molar-refractivity contribution in [2.24, 2.45) is 23.5 Å². The third-order valence-electron chi connectivity index (χ3n) is 3.89. The molecule has 1 aliphatic carbocycles. The first-order valence-electron chi connectivity index (χ1n) is 5.91. The molecule has 1 heterocycles. The highest BCUT2D eigenvalue weighted by Crippen LogP contribution is 2.51. The molecule has 0 radical (unpaired) electrons. The second-order valence-corrected chi connectivity index (χ2v) is 5.08. The Morgan fingerprint density at radius 3 is 2.71 bits per heavy atom. The number of piperidine rings is 1. The van der Waals surface area contributed by atoms with Gasteiger partial charge in [0, 0.05) is 25.6 Å². The number of nitrogens with two attached hydrogens (primary N) is 1. The molecule has 2 aliphatic rings. The predicted molar refractivity (Wildman–Crippen MR) is 61.3 cm³/mol. The first-order chi connectivity index (χ1) is 8.15. The zero-order valence-electron chi connectivity index (χ0n) is 9.47. The molecule has 0 aromatic heterocycles. The highest BCUT2D eigenvalue weighted by molar-refractivity contribution is 5.80. The number of nitrogens with zero attached hydrogens (tertiary/aromatic N) is 1. The number of halogens is 1. The molecule has 3 nitrogen and oxygen atoms in total. The molecule has 2 atom stereocenters. The van der Waals surface area contributed by atoms with Crippen molar-refractivity contribution in [2.75, 3.05) is 13.1 Å². The molecule has 1 saturated carbocycles. The van der Waals surface area contributed by atoms with Crippen molar-refractivity contribution in [2.45, 2.75) is 6.54 Å². The average Bonchev–Trinajstić information content (AvgIpc) is 2.77. The minimum Gasteiger partial charge on any atom is -0.369 e. The lowest BCUT2D eigenvalue weighted by atomic mass is 10.2. The number of carbonyl (C=O) groups excluding carboxylic acids is 1. The monoisotopic (exact) mass is 234 g/mol. The quantitative estimate of drug-likeness (QED) is 0.847. The van der Waals surface area contributed by atoms with Gasteiger partial charge in [0.2, 0.25) is 5.91 Å². The largest absolute Gasteiger partial charge is 0.369 e. The van der Waals surface area contributed by atoms with Crippen LogP contribution >= 0.6 is 0 Å². The van der Waals surface area contributed by atoms with E-state index in [1.807, 2.05) is 6.07 Å². The summed E-state index contributed by atoms with van der Waals surface area (Å²) in [5, 5.41) is 0. The van der Waals surface area contributed by atoms with E-state index < -0.39 is 0 Å². The van der Waals surface area contributed by atoms with Crippen LogP contribution in [0.4, 0.5) is 4.39 Å². The van der Waals surface area contributed by atoms with Crippen LogP contribution in [0, 0.1) is 23.6 Å². The fraction of sp³-hybridized carbons (Fsp3) is 0.462. The average molecular weight is 234 g/mol. The van der Waals surface area contributed by atoms with Crippen LogP contribution in [0.1, 0.15) is 5.56 Å². The van der Waals surface area contributed by atoms with Gasteiger partial charge in [-0.1, -0.05) is 12.1 Å². The molecule has 3 rings (SSSR count). The van der Waals surface area contributed by atoms with Crippen molar-refractivity contribution in [3.63, 3.8) is 0 Å². The molecule has 90 valence electrons. The Bertz CT molecular complexity index is 450. The zero-order chi connectivity index (χ0) is 12.0. The first kappa shape index (κ1) is 10.7. The van der Waals surface area contributed by atoms with Gasteiger partial charge >= 0.3 is 0 Å². The van der Waals surface area contributed by atoms with E-state index >= 15 is 0 Å². The van der Waals surface area contributed by atoms with Crippen LogP contribution in [-0.4, -0.2) is 23.9 Å². The summed E-state index contributed by atoms with van der Waals surface area (Å²) in [6, 6.07) is 6.68. The van der Waals surface area contributed by atoms with E-state index in [9.17, 15) is 9.18 Å². The molecule has 1 saturated heterocycles. The van der Waals surface area contributed by atoms with E-state index in [2.05, 4.69) is 4.90 Å². The standard InChI is InChI=1S/C13H15FN2O/c14-9-3-1-2-8(4-9)5-16-6-10-11(7-16)12(10)13(15)17/h1-4,10-12H,5-7H2,(H2,15,17). The van der Waals surface area contributed by atoms with Gasteiger partial charge in [0.1, 0.15) is 5.82 Å². The van der Waals surface area contributed by atoms with Crippen molar-refractivity contribution in [1.29, 1.82) is 0 Å². The summed E-state index contributed by atoms with van der Waals surface area (Å²) in [7, 11) is 0. The molecule has 4 heteroatoms. The molecule has 1 aliphatic heterocycles. The van der Waals surface area contributed by atoms with E-state index in [1.54, 1.807) is 12.1 Å². The molecule has 1 aromatic carbocycles. The van der Waals surface area contributed by atoms with Crippen molar-refractivity contribution >= 4 is 5.91 Å². The lowest BCUT2D eigenvalue weighted by Gasteiger charge is -2.18. The van der Waals surface area contributed by atoms with Gasteiger partial charge in [-0.25, -0.2) is 4.39 Å². The second-order valence-electron chi connectivity index (χ2n) is 5.08. The van der Waals surface area contributed by atoms with Crippen LogP contribution in [0.15, 0.2) is 24.3 Å². The number of benzene rings is 1. The highest BCUT2D eigenvalue weighted by Gasteiger charge is 2.58. The van der Waals surface area contributed by atoms with Crippen LogP contribution in [0.2, 0.25) is 0 Å². The predicted octanol–water partition coefficient (Wildman–Crippen LogP) is 0.989. The van der Waals surface area contributed by atoms with Gasteiger partial charge in [0.15, 0.2) is 0 Å². The third kappa shape index (κ3) is 1.93. The molecule has 17 heavy (non-hydrogen) atoms. The smallest absolute Gasteiger partial charge is 0.221 e. The summed E-state index contributed by atoms with van der Waals surface area (Å²) >= 11 is 0. The zero-order valence-corrected chi connectivity index (χ0v) is 9.47. The topological polar surface area (TPSA) is 46.3 Å². The van der Waals surface area contributed by atoms with E-state index in [-0.39, 0.29) is 17.6 Å². The normalized spacial score (nSPS) is 31.2. The summed E-state index contributed by atoms with van der Waals surface area (Å²) in [4.78, 5) is 13.3. The lowest BCUT2D eigenvalue weighted by Crippen LogP contribution is -2.28. The number of rotatable bonds is 3. The van der Waals surface area contributed by atoms with Gasteiger partial charge in [-0.05, 0) is 29.5 Å². The molecule has 0 spiro atoms. The Kier molecular flexibility index (Phi) is 2.40. The molecular weight excluding hydrogens is 219 g/mol. The Morgan fingerprint density at radius 2 is 2.12 bits per heavy atom. The number of carbonyl (C=O) groups is 1. The number of fused-ring (bicyclic) bond motifs is 1. The second kappa shape index (κ2) is 3.81. The van der Waals surface area contributed by atoms with Gasteiger partial charge < -0.3 is 5.73 Å². The van der Waals surface area contributed by atoms with Gasteiger partial charge in [0.25, 0.3) is 0 Å². The number of hydrogen-bond donors (Lipinski definition) is 1. The molecular formula is C13H15FN2O. The van der Waals surface area contributed by atoms with Gasteiger partial charge in [-0.15, -0.1) is 0 Å². The van der Waals surface area contributed by atoms with E-state index in [1.165, 1.54) is 6.07 Å². The maximum absolute atomic E-state index is 13.0. The van der Waals surface area contributed by atoms with E-state index in [0.717, 1.165) is 25.2 Å². The number of primary amides is 1. The Hall–Kier alpha value is -1.42. The molecule has 1 aromatic rings. The fourth-order valence-corrected chi connectivity index (χ4v) is 3.06. The number of hydrogen-bond acceptors (Lipinski definition) is 2. The Balaban J connectivity index is 1.58. The summed E-state index contributed by atoms with van der Waals surface area (Å²) in [5.74, 6) is 0.633. The summed E-state index contributed by atoms with van der Waals surface area (Å²) < 4.78 is 13.0. The van der Waals surface area contributed by atoms with Crippen LogP contribution in [0.25, 0.3) is 0 Å². The Labute approximate surface area is 99.4 Å². The van der Waals surface area contributed by atoms with Crippen molar-refractivity contribution in [1.82, 2.24) is 4.90 Å². The minimum atomic E-state index is -0.193. The fourth-order valence-electron chi connectivity index (χ4n) is 3.06. The van der Waals surface area contributed by atoms with Gasteiger partial charge in [0.05, 0.1) is 0 Å². The van der Waals surface area contributed by atoms with Crippen LogP contribution in [-0.2, 0) is 11.3 Å². The highest BCUT2D eigenvalue weighted by atomic mass is 19.1. The maximum atomic E-state index is 13.0. The van der Waals surface area contributed by atoms with Gasteiger partial charge in [-0.3, -0.25) is 9.69 Å². The molecule has 0 bridgehead atoms. The van der Waals surface area contributed by atoms with E-state index in [4.69, 9.17) is 5.73 Å². The first-order valence-corrected chi connectivity index (χ1v) is 5.91. The summed E-state index contributed by atoms with van der Waals surface area (Å²) in [5.41, 5.74) is 6.29. The number of amides is 1. The SMILES string of the molecule is NC(=O)C1C2CN(Cc3cccc(F)c3)CC21. The lowest BCUT2D eigenvalue weighted by molar-refractivity contribution is -0.120. The third-order valence-corrected chi connectivity index (χ3v) is 3.89. The van der Waals surface area contributed by atoms with Crippen LogP contribution < -0.4 is 5.73 Å². The summed E-state index contributed by atoms with van der Waals surface area (Å²) in [6.45, 7) is 2.58. The van der Waals surface area contributed by atoms with E-state index in [0.29, 0.717) is 11.8 Å². The van der Waals surface area contributed by atoms with Crippen LogP contribution in [0.3, 0.4) is 0 Å². The van der Waals surface area contributed by atoms with Gasteiger partial charge in [-0.2, -0.15) is 0 Å². The molecule has 1 amide bonds. The minimum absolute atomic E-state index is 0.0961. The summed E-state index contributed by atoms with van der Waals surface area (Å²) in [6.07, 6.45) is 0. The van der Waals surface area contributed by atoms with Crippen molar-refractivity contribution < 1.29 is 9.18 Å². The molecule has 2 N–H and O–H groups in total.